The maximum atomic E-state index is 5.44. The molecule has 0 amide bonds. The molecule has 1 N–H and O–H groups in total. The van der Waals surface area contributed by atoms with E-state index in [0.717, 1.165) is 16.8 Å². The lowest BCUT2D eigenvalue weighted by Gasteiger charge is -2.10. The van der Waals surface area contributed by atoms with Crippen molar-refractivity contribution in [3.05, 3.63) is 64.7 Å². The third-order valence-electron chi connectivity index (χ3n) is 2.77. The van der Waals surface area contributed by atoms with Gasteiger partial charge in [-0.25, -0.2) is 0 Å². The Balaban J connectivity index is 2.23. The number of benzene rings is 2. The molecule has 2 rings (SSSR count). The van der Waals surface area contributed by atoms with Crippen LogP contribution in [-0.4, -0.2) is 4.99 Å². The van der Waals surface area contributed by atoms with Gasteiger partial charge in [-0.2, -0.15) is 0 Å². The van der Waals surface area contributed by atoms with Gasteiger partial charge in [-0.3, -0.25) is 0 Å². The molecule has 0 aromatic heterocycles. The predicted octanol–water partition coefficient (Wildman–Crippen LogP) is 4.07. The molecule has 2 aromatic rings. The first-order valence-corrected chi connectivity index (χ1v) is 6.45. The highest BCUT2D eigenvalue weighted by Crippen LogP contribution is 2.14. The summed E-state index contributed by atoms with van der Waals surface area (Å²) in [7, 11) is 0. The second-order valence-electron chi connectivity index (χ2n) is 4.56. The van der Waals surface area contributed by atoms with Crippen molar-refractivity contribution in [1.82, 2.24) is 0 Å². The molecule has 2 heteroatoms. The molecule has 0 atom stereocenters. The quantitative estimate of drug-likeness (QED) is 0.649. The number of nitrogens with one attached hydrogen (secondary N) is 1. The lowest BCUT2D eigenvalue weighted by molar-refractivity contribution is 1.37. The van der Waals surface area contributed by atoms with Crippen molar-refractivity contribution >= 4 is 22.9 Å². The molecule has 2 aromatic carbocycles. The second-order valence-corrected chi connectivity index (χ2v) is 4.96. The van der Waals surface area contributed by atoms with Crippen LogP contribution < -0.4 is 5.32 Å². The van der Waals surface area contributed by atoms with E-state index in [4.69, 9.17) is 18.6 Å². The number of terminal acetylenes is 1. The minimum Gasteiger partial charge on any atom is -0.346 e. The van der Waals surface area contributed by atoms with Gasteiger partial charge in [-0.15, -0.1) is 6.42 Å². The summed E-state index contributed by atoms with van der Waals surface area (Å²) in [6.07, 6.45) is 5.39. The number of thiocarbonyl (C=S) groups is 1. The van der Waals surface area contributed by atoms with Crippen molar-refractivity contribution < 1.29 is 0 Å². The molecule has 94 valence electrons. The van der Waals surface area contributed by atoms with Gasteiger partial charge in [0.2, 0.25) is 0 Å². The molecule has 0 saturated carbocycles. The Kier molecular flexibility index (Phi) is 3.99. The zero-order chi connectivity index (χ0) is 13.8. The maximum absolute atomic E-state index is 5.44. The molecule has 0 aliphatic heterocycles. The summed E-state index contributed by atoms with van der Waals surface area (Å²) >= 11 is 5.44. The normalized spacial score (nSPS) is 9.74. The zero-order valence-corrected chi connectivity index (χ0v) is 11.8. The van der Waals surface area contributed by atoms with Crippen LogP contribution in [-0.2, 0) is 0 Å². The molecule has 0 bridgehead atoms. The van der Waals surface area contributed by atoms with Crippen LogP contribution in [0.25, 0.3) is 0 Å². The SMILES string of the molecule is C#Cc1cccc(NC(=S)c2cc(C)cc(C)c2)c1. The van der Waals surface area contributed by atoms with Gasteiger partial charge in [0.15, 0.2) is 0 Å². The number of rotatable bonds is 2. The van der Waals surface area contributed by atoms with E-state index in [0.29, 0.717) is 4.99 Å². The summed E-state index contributed by atoms with van der Waals surface area (Å²) in [5, 5.41) is 3.22. The lowest BCUT2D eigenvalue weighted by Crippen LogP contribution is -2.11. The van der Waals surface area contributed by atoms with Gasteiger partial charge in [0.05, 0.1) is 0 Å². The van der Waals surface area contributed by atoms with E-state index in [1.807, 2.05) is 24.3 Å². The zero-order valence-electron chi connectivity index (χ0n) is 11.0. The molecule has 0 aliphatic carbocycles. The Morgan fingerprint density at radius 2 is 1.79 bits per heavy atom. The molecule has 0 unspecified atom stereocenters. The van der Waals surface area contributed by atoms with Crippen molar-refractivity contribution in [2.24, 2.45) is 0 Å². The molecule has 0 aliphatic rings. The van der Waals surface area contributed by atoms with Gasteiger partial charge < -0.3 is 5.32 Å². The molecule has 0 fully saturated rings. The highest BCUT2D eigenvalue weighted by molar-refractivity contribution is 7.81. The fourth-order valence-corrected chi connectivity index (χ4v) is 2.23. The van der Waals surface area contributed by atoms with Crippen LogP contribution in [0.5, 0.6) is 0 Å². The minimum atomic E-state index is 0.709. The number of hydrogen-bond donors (Lipinski definition) is 1. The largest absolute Gasteiger partial charge is 0.346 e. The van der Waals surface area contributed by atoms with Crippen LogP contribution in [0.1, 0.15) is 22.3 Å². The Hall–Kier alpha value is -2.11. The fraction of sp³-hybridized carbons (Fsp3) is 0.118. The van der Waals surface area contributed by atoms with Gasteiger partial charge in [-0.05, 0) is 44.2 Å². The summed E-state index contributed by atoms with van der Waals surface area (Å²) in [6, 6.07) is 14.0. The fourth-order valence-electron chi connectivity index (χ4n) is 2.00. The topological polar surface area (TPSA) is 12.0 Å². The van der Waals surface area contributed by atoms with Crippen molar-refractivity contribution in [1.29, 1.82) is 0 Å². The molecular weight excluding hydrogens is 250 g/mol. The van der Waals surface area contributed by atoms with Gasteiger partial charge >= 0.3 is 0 Å². The number of aryl methyl sites for hydroxylation is 2. The highest BCUT2D eigenvalue weighted by Gasteiger charge is 2.03. The smallest absolute Gasteiger partial charge is 0.111 e. The monoisotopic (exact) mass is 265 g/mol. The van der Waals surface area contributed by atoms with E-state index in [1.54, 1.807) is 0 Å². The Morgan fingerprint density at radius 1 is 1.11 bits per heavy atom. The Labute approximate surface area is 119 Å². The van der Waals surface area contributed by atoms with E-state index >= 15 is 0 Å². The number of hydrogen-bond acceptors (Lipinski definition) is 1. The predicted molar refractivity (Wildman–Crippen MR) is 85.6 cm³/mol. The van der Waals surface area contributed by atoms with E-state index in [-0.39, 0.29) is 0 Å². The second kappa shape index (κ2) is 5.69. The first-order valence-electron chi connectivity index (χ1n) is 6.05. The lowest BCUT2D eigenvalue weighted by atomic mass is 10.1. The number of anilines is 1. The van der Waals surface area contributed by atoms with E-state index in [9.17, 15) is 0 Å². The van der Waals surface area contributed by atoms with Crippen molar-refractivity contribution in [3.63, 3.8) is 0 Å². The van der Waals surface area contributed by atoms with Crippen LogP contribution in [0, 0.1) is 26.2 Å². The van der Waals surface area contributed by atoms with E-state index in [2.05, 4.69) is 43.3 Å². The highest BCUT2D eigenvalue weighted by atomic mass is 32.1. The van der Waals surface area contributed by atoms with Crippen LogP contribution in [0.2, 0.25) is 0 Å². The molecule has 1 nitrogen and oxygen atoms in total. The Morgan fingerprint density at radius 3 is 2.42 bits per heavy atom. The van der Waals surface area contributed by atoms with Gasteiger partial charge in [0.1, 0.15) is 4.99 Å². The van der Waals surface area contributed by atoms with Gasteiger partial charge in [0, 0.05) is 16.8 Å². The maximum Gasteiger partial charge on any atom is 0.111 e. The van der Waals surface area contributed by atoms with E-state index in [1.165, 1.54) is 11.1 Å². The van der Waals surface area contributed by atoms with Crippen LogP contribution in [0.3, 0.4) is 0 Å². The average Bonchev–Trinajstić information content (AvgIpc) is 2.37. The molecule has 0 radical (unpaired) electrons. The van der Waals surface area contributed by atoms with Crippen LogP contribution in [0.4, 0.5) is 5.69 Å². The molecule has 0 saturated heterocycles. The Bertz CT molecular complexity index is 645. The third kappa shape index (κ3) is 3.43. The van der Waals surface area contributed by atoms with Crippen molar-refractivity contribution in [2.45, 2.75) is 13.8 Å². The molecular formula is C17H15NS. The average molecular weight is 265 g/mol. The summed E-state index contributed by atoms with van der Waals surface area (Å²) < 4.78 is 0. The van der Waals surface area contributed by atoms with Crippen LogP contribution in [0.15, 0.2) is 42.5 Å². The van der Waals surface area contributed by atoms with Crippen molar-refractivity contribution in [2.75, 3.05) is 5.32 Å². The molecule has 0 spiro atoms. The summed E-state index contributed by atoms with van der Waals surface area (Å²) in [6.45, 7) is 4.14. The molecule has 19 heavy (non-hydrogen) atoms. The standard InChI is InChI=1S/C17H15NS/c1-4-14-6-5-7-16(11-14)18-17(19)15-9-12(2)8-13(3)10-15/h1,5-11H,2-3H3,(H,18,19). The summed E-state index contributed by atoms with van der Waals surface area (Å²) in [5.41, 5.74) is 5.19. The van der Waals surface area contributed by atoms with Crippen LogP contribution >= 0.6 is 12.2 Å². The summed E-state index contributed by atoms with van der Waals surface area (Å²) in [4.78, 5) is 0.709. The first-order chi connectivity index (χ1) is 9.08. The van der Waals surface area contributed by atoms with Gasteiger partial charge in [0.25, 0.3) is 0 Å². The first kappa shape index (κ1) is 13.3. The minimum absolute atomic E-state index is 0.709. The van der Waals surface area contributed by atoms with E-state index < -0.39 is 0 Å². The summed E-state index contributed by atoms with van der Waals surface area (Å²) in [5.74, 6) is 2.62. The van der Waals surface area contributed by atoms with Crippen molar-refractivity contribution in [3.8, 4) is 12.3 Å². The van der Waals surface area contributed by atoms with Gasteiger partial charge in [-0.1, -0.05) is 41.4 Å². The third-order valence-corrected chi connectivity index (χ3v) is 3.11. The molecule has 0 heterocycles.